The number of hydrogen-bond acceptors (Lipinski definition) is 4. The van der Waals surface area contributed by atoms with Gasteiger partial charge in [-0.2, -0.15) is 0 Å². The molecule has 2 N–H and O–H groups in total. The topological polar surface area (TPSA) is 87.5 Å². The van der Waals surface area contributed by atoms with Gasteiger partial charge in [-0.1, -0.05) is 35.0 Å². The average molecular weight is 457 g/mol. The molecule has 1 atom stereocenters. The SMILES string of the molecule is O=C(NCC1CCCN(C(=O)c2cc(-c3cccc(Cl)c3)on2)C1)Nc1cccc(F)c1. The summed E-state index contributed by atoms with van der Waals surface area (Å²) in [4.78, 5) is 26.7. The first-order chi connectivity index (χ1) is 15.5. The molecule has 1 aliphatic heterocycles. The third kappa shape index (κ3) is 5.45. The molecule has 1 aromatic heterocycles. The van der Waals surface area contributed by atoms with Crippen molar-refractivity contribution in [1.82, 2.24) is 15.4 Å². The van der Waals surface area contributed by atoms with E-state index >= 15 is 0 Å². The molecular weight excluding hydrogens is 435 g/mol. The second-order valence-electron chi connectivity index (χ2n) is 7.69. The van der Waals surface area contributed by atoms with Gasteiger partial charge in [-0.25, -0.2) is 9.18 Å². The first kappa shape index (κ1) is 21.8. The maximum Gasteiger partial charge on any atom is 0.319 e. The highest BCUT2D eigenvalue weighted by Gasteiger charge is 2.27. The van der Waals surface area contributed by atoms with Crippen LogP contribution in [-0.2, 0) is 0 Å². The van der Waals surface area contributed by atoms with E-state index < -0.39 is 11.8 Å². The molecular formula is C23H22ClFN4O3. The zero-order valence-corrected chi connectivity index (χ0v) is 17.9. The molecule has 1 saturated heterocycles. The number of amides is 3. The van der Waals surface area contributed by atoms with Gasteiger partial charge in [0.2, 0.25) is 0 Å². The molecule has 4 rings (SSSR count). The van der Waals surface area contributed by atoms with E-state index in [4.69, 9.17) is 16.1 Å². The number of piperidine rings is 1. The summed E-state index contributed by atoms with van der Waals surface area (Å²) in [6.07, 6.45) is 1.71. The Hall–Kier alpha value is -3.39. The van der Waals surface area contributed by atoms with Crippen molar-refractivity contribution in [1.29, 1.82) is 0 Å². The molecule has 2 aromatic carbocycles. The highest BCUT2D eigenvalue weighted by Crippen LogP contribution is 2.25. The smallest absolute Gasteiger partial charge is 0.319 e. The molecule has 32 heavy (non-hydrogen) atoms. The normalized spacial score (nSPS) is 15.9. The van der Waals surface area contributed by atoms with Crippen LogP contribution in [0.25, 0.3) is 11.3 Å². The molecule has 9 heteroatoms. The number of nitrogens with zero attached hydrogens (tertiary/aromatic N) is 2. The van der Waals surface area contributed by atoms with Gasteiger partial charge in [0.05, 0.1) is 0 Å². The van der Waals surface area contributed by atoms with Crippen LogP contribution in [-0.4, -0.2) is 41.6 Å². The van der Waals surface area contributed by atoms with Crippen LogP contribution in [0.2, 0.25) is 5.02 Å². The largest absolute Gasteiger partial charge is 0.355 e. The van der Waals surface area contributed by atoms with E-state index in [9.17, 15) is 14.0 Å². The molecule has 166 valence electrons. The Morgan fingerprint density at radius 3 is 2.84 bits per heavy atom. The van der Waals surface area contributed by atoms with Crippen LogP contribution in [0.4, 0.5) is 14.9 Å². The van der Waals surface area contributed by atoms with Crippen LogP contribution in [0, 0.1) is 11.7 Å². The average Bonchev–Trinajstić information content (AvgIpc) is 3.28. The van der Waals surface area contributed by atoms with Gasteiger partial charge in [-0.3, -0.25) is 4.79 Å². The highest BCUT2D eigenvalue weighted by atomic mass is 35.5. The number of nitrogens with one attached hydrogen (secondary N) is 2. The molecule has 0 aliphatic carbocycles. The molecule has 0 saturated carbocycles. The summed E-state index contributed by atoms with van der Waals surface area (Å²) in [6, 6.07) is 14.0. The van der Waals surface area contributed by atoms with Gasteiger partial charge in [0.1, 0.15) is 5.82 Å². The van der Waals surface area contributed by atoms with Crippen molar-refractivity contribution in [3.05, 3.63) is 71.1 Å². The van der Waals surface area contributed by atoms with Crippen LogP contribution in [0.15, 0.2) is 59.1 Å². The lowest BCUT2D eigenvalue weighted by molar-refractivity contribution is 0.0665. The van der Waals surface area contributed by atoms with Crippen LogP contribution in [0.1, 0.15) is 23.3 Å². The van der Waals surface area contributed by atoms with Crippen molar-refractivity contribution < 1.29 is 18.5 Å². The number of benzene rings is 2. The predicted molar refractivity (Wildman–Crippen MR) is 119 cm³/mol. The number of carbonyl (C=O) groups excluding carboxylic acids is 2. The summed E-state index contributed by atoms with van der Waals surface area (Å²) >= 11 is 6.02. The van der Waals surface area contributed by atoms with Gasteiger partial charge in [-0.15, -0.1) is 0 Å². The van der Waals surface area contributed by atoms with Crippen LogP contribution in [0.3, 0.4) is 0 Å². The van der Waals surface area contributed by atoms with E-state index in [2.05, 4.69) is 15.8 Å². The highest BCUT2D eigenvalue weighted by molar-refractivity contribution is 6.30. The number of rotatable bonds is 5. The maximum absolute atomic E-state index is 13.2. The van der Waals surface area contributed by atoms with Crippen LogP contribution in [0.5, 0.6) is 0 Å². The monoisotopic (exact) mass is 456 g/mol. The Bertz CT molecular complexity index is 1120. The second-order valence-corrected chi connectivity index (χ2v) is 8.13. The third-order valence-corrected chi connectivity index (χ3v) is 5.51. The Morgan fingerprint density at radius 1 is 1.19 bits per heavy atom. The lowest BCUT2D eigenvalue weighted by Crippen LogP contribution is -2.44. The van der Waals surface area contributed by atoms with Crippen molar-refractivity contribution in [2.45, 2.75) is 12.8 Å². The van der Waals surface area contributed by atoms with E-state index in [1.807, 2.05) is 6.07 Å². The molecule has 0 bridgehead atoms. The number of anilines is 1. The Labute approximate surface area is 189 Å². The maximum atomic E-state index is 13.2. The Balaban J connectivity index is 1.31. The summed E-state index contributed by atoms with van der Waals surface area (Å²) in [6.45, 7) is 1.51. The van der Waals surface area contributed by atoms with Crippen molar-refractivity contribution in [2.24, 2.45) is 5.92 Å². The minimum Gasteiger partial charge on any atom is -0.355 e. The molecule has 0 spiro atoms. The van der Waals surface area contributed by atoms with E-state index in [1.165, 1.54) is 18.2 Å². The first-order valence-corrected chi connectivity index (χ1v) is 10.7. The van der Waals surface area contributed by atoms with Gasteiger partial charge in [0.15, 0.2) is 11.5 Å². The molecule has 1 unspecified atom stereocenters. The fraction of sp³-hybridized carbons (Fsp3) is 0.261. The summed E-state index contributed by atoms with van der Waals surface area (Å²) in [5, 5.41) is 9.90. The van der Waals surface area contributed by atoms with Gasteiger partial charge >= 0.3 is 6.03 Å². The standard InChI is InChI=1S/C23H22ClFN4O3/c24-17-6-1-5-16(10-17)21-12-20(28-32-21)22(30)29-9-3-4-15(14-29)13-26-23(31)27-19-8-2-7-18(25)11-19/h1-2,5-8,10-12,15H,3-4,9,13-14H2,(H2,26,27,31). The zero-order valence-electron chi connectivity index (χ0n) is 17.2. The Kier molecular flexibility index (Phi) is 6.70. The lowest BCUT2D eigenvalue weighted by Gasteiger charge is -2.32. The molecule has 3 aromatic rings. The fourth-order valence-corrected chi connectivity index (χ4v) is 3.90. The number of halogens is 2. The van der Waals surface area contributed by atoms with Crippen molar-refractivity contribution >= 4 is 29.2 Å². The predicted octanol–water partition coefficient (Wildman–Crippen LogP) is 4.81. The number of likely N-dealkylation sites (tertiary alicyclic amines) is 1. The zero-order chi connectivity index (χ0) is 22.5. The third-order valence-electron chi connectivity index (χ3n) is 5.28. The van der Waals surface area contributed by atoms with E-state index in [0.717, 1.165) is 18.4 Å². The molecule has 0 radical (unpaired) electrons. The van der Waals surface area contributed by atoms with Crippen molar-refractivity contribution in [3.8, 4) is 11.3 Å². The van der Waals surface area contributed by atoms with Crippen molar-refractivity contribution in [2.75, 3.05) is 25.0 Å². The summed E-state index contributed by atoms with van der Waals surface area (Å²) in [5.74, 6) is -0.0584. The quantitative estimate of drug-likeness (QED) is 0.576. The van der Waals surface area contributed by atoms with E-state index in [1.54, 1.807) is 35.2 Å². The summed E-state index contributed by atoms with van der Waals surface area (Å²) < 4.78 is 18.6. The van der Waals surface area contributed by atoms with Gasteiger partial charge in [-0.05, 0) is 49.1 Å². The van der Waals surface area contributed by atoms with Crippen molar-refractivity contribution in [3.63, 3.8) is 0 Å². The minimum absolute atomic E-state index is 0.102. The summed E-state index contributed by atoms with van der Waals surface area (Å²) in [5.41, 5.74) is 1.36. The molecule has 7 nitrogen and oxygen atoms in total. The second kappa shape index (κ2) is 9.82. The van der Waals surface area contributed by atoms with Crippen LogP contribution < -0.4 is 10.6 Å². The Morgan fingerprint density at radius 2 is 2.03 bits per heavy atom. The number of aromatic nitrogens is 1. The molecule has 1 fully saturated rings. The fourth-order valence-electron chi connectivity index (χ4n) is 3.71. The van der Waals surface area contributed by atoms with Crippen LogP contribution >= 0.6 is 11.6 Å². The van der Waals surface area contributed by atoms with E-state index in [0.29, 0.717) is 36.1 Å². The molecule has 1 aliphatic rings. The van der Waals surface area contributed by atoms with Gasteiger partial charge in [0, 0.05) is 42.0 Å². The minimum atomic E-state index is -0.421. The number of hydrogen-bond donors (Lipinski definition) is 2. The van der Waals surface area contributed by atoms with Gasteiger partial charge in [0.25, 0.3) is 5.91 Å². The molecule has 2 heterocycles. The molecule has 3 amide bonds. The summed E-state index contributed by atoms with van der Waals surface area (Å²) in [7, 11) is 0. The number of carbonyl (C=O) groups is 2. The van der Waals surface area contributed by atoms with E-state index in [-0.39, 0.29) is 17.5 Å². The van der Waals surface area contributed by atoms with Gasteiger partial charge < -0.3 is 20.1 Å². The first-order valence-electron chi connectivity index (χ1n) is 10.3. The number of urea groups is 1. The lowest BCUT2D eigenvalue weighted by atomic mass is 9.97.